The Balaban J connectivity index is 2.02. The molecule has 3 N–H and O–H groups in total. The molecule has 1 aromatic heterocycles. The van der Waals surface area contributed by atoms with E-state index in [0.717, 1.165) is 17.7 Å². The van der Waals surface area contributed by atoms with E-state index < -0.39 is 6.10 Å². The fourth-order valence-electron chi connectivity index (χ4n) is 2.63. The normalized spacial score (nSPS) is 13.1. The Kier molecular flexibility index (Phi) is 7.41. The number of aliphatic hydroxyl groups is 1. The van der Waals surface area contributed by atoms with E-state index in [4.69, 9.17) is 0 Å². The largest absolute Gasteiger partial charge is 0.391 e. The highest BCUT2D eigenvalue weighted by molar-refractivity contribution is 5.74. The molecule has 2 rings (SSSR count). The second kappa shape index (κ2) is 9.79. The summed E-state index contributed by atoms with van der Waals surface area (Å²) in [5, 5.41) is 15.5. The maximum Gasteiger partial charge on any atom is 0.315 e. The van der Waals surface area contributed by atoms with E-state index in [-0.39, 0.29) is 18.6 Å². The van der Waals surface area contributed by atoms with Gasteiger partial charge in [0.15, 0.2) is 0 Å². The van der Waals surface area contributed by atoms with Gasteiger partial charge < -0.3 is 15.7 Å². The number of aliphatic hydroxyl groups excluding tert-OH is 1. The molecule has 0 saturated heterocycles. The average molecular weight is 341 g/mol. The predicted molar refractivity (Wildman–Crippen MR) is 99.3 cm³/mol. The number of pyridine rings is 1. The molecular formula is C20H27N3O2. The quantitative estimate of drug-likeness (QED) is 0.690. The molecule has 2 unspecified atom stereocenters. The third-order valence-electron chi connectivity index (χ3n) is 4.03. The number of hydrogen-bond donors (Lipinski definition) is 3. The first-order chi connectivity index (χ1) is 12.1. The van der Waals surface area contributed by atoms with Crippen molar-refractivity contribution in [3.8, 4) is 0 Å². The van der Waals surface area contributed by atoms with Gasteiger partial charge >= 0.3 is 6.03 Å². The van der Waals surface area contributed by atoms with Crippen LogP contribution in [0.5, 0.6) is 0 Å². The van der Waals surface area contributed by atoms with Gasteiger partial charge in [0.25, 0.3) is 0 Å². The molecule has 0 bridgehead atoms. The molecule has 5 nitrogen and oxygen atoms in total. The van der Waals surface area contributed by atoms with E-state index in [1.807, 2.05) is 32.0 Å². The summed E-state index contributed by atoms with van der Waals surface area (Å²) in [6, 6.07) is 13.4. The van der Waals surface area contributed by atoms with Crippen LogP contribution in [0.15, 0.2) is 48.7 Å². The van der Waals surface area contributed by atoms with Crippen LogP contribution in [-0.2, 0) is 6.42 Å². The Bertz CT molecular complexity index is 644. The number of nitrogens with one attached hydrogen (secondary N) is 2. The molecule has 2 amide bonds. The molecule has 1 heterocycles. The number of carbonyl (C=O) groups is 1. The van der Waals surface area contributed by atoms with Crippen molar-refractivity contribution in [2.24, 2.45) is 0 Å². The van der Waals surface area contributed by atoms with Crippen LogP contribution in [0.1, 0.15) is 42.6 Å². The van der Waals surface area contributed by atoms with E-state index in [1.165, 1.54) is 5.56 Å². The average Bonchev–Trinajstić information content (AvgIpc) is 2.62. The zero-order valence-corrected chi connectivity index (χ0v) is 14.9. The second-order valence-corrected chi connectivity index (χ2v) is 6.29. The molecule has 5 heteroatoms. The Morgan fingerprint density at radius 3 is 2.60 bits per heavy atom. The Labute approximate surface area is 149 Å². The zero-order chi connectivity index (χ0) is 18.1. The lowest BCUT2D eigenvalue weighted by molar-refractivity contribution is 0.160. The molecule has 0 saturated carbocycles. The number of aromatic nitrogens is 1. The minimum Gasteiger partial charge on any atom is -0.391 e. The summed E-state index contributed by atoms with van der Waals surface area (Å²) in [6.45, 7) is 4.30. The third-order valence-corrected chi connectivity index (χ3v) is 4.03. The number of hydrogen-bond acceptors (Lipinski definition) is 3. The standard InChI is InChI=1S/C20H27N3O2/c1-3-6-17(24)14-22-20(25)23-19(18-7-4-5-12-21-18)13-16-10-8-15(2)9-11-16/h4-5,7-12,17,19,24H,3,6,13-14H2,1-2H3,(H2,22,23,25). The van der Waals surface area contributed by atoms with Gasteiger partial charge in [0, 0.05) is 12.7 Å². The smallest absolute Gasteiger partial charge is 0.315 e. The Hall–Kier alpha value is -2.40. The second-order valence-electron chi connectivity index (χ2n) is 6.29. The molecular weight excluding hydrogens is 314 g/mol. The highest BCUT2D eigenvalue weighted by atomic mass is 16.3. The molecule has 0 fully saturated rings. The van der Waals surface area contributed by atoms with Crippen molar-refractivity contribution in [1.29, 1.82) is 0 Å². The molecule has 1 aromatic carbocycles. The molecule has 2 atom stereocenters. The van der Waals surface area contributed by atoms with E-state index in [9.17, 15) is 9.90 Å². The van der Waals surface area contributed by atoms with Gasteiger partial charge in [-0.2, -0.15) is 0 Å². The summed E-state index contributed by atoms with van der Waals surface area (Å²) in [5.74, 6) is 0. The van der Waals surface area contributed by atoms with Gasteiger partial charge in [-0.25, -0.2) is 4.79 Å². The molecule has 0 aliphatic rings. The number of rotatable bonds is 8. The van der Waals surface area contributed by atoms with Gasteiger partial charge in [-0.3, -0.25) is 4.98 Å². The fourth-order valence-corrected chi connectivity index (χ4v) is 2.63. The highest BCUT2D eigenvalue weighted by Gasteiger charge is 2.17. The number of nitrogens with zero attached hydrogens (tertiary/aromatic N) is 1. The molecule has 0 aliphatic heterocycles. The molecule has 0 radical (unpaired) electrons. The summed E-state index contributed by atoms with van der Waals surface area (Å²) < 4.78 is 0. The fraction of sp³-hybridized carbons (Fsp3) is 0.400. The van der Waals surface area contributed by atoms with Crippen LogP contribution in [0.3, 0.4) is 0 Å². The maximum atomic E-state index is 12.2. The summed E-state index contributed by atoms with van der Waals surface area (Å²) in [7, 11) is 0. The number of benzene rings is 1. The van der Waals surface area contributed by atoms with Gasteiger partial charge in [-0.1, -0.05) is 49.2 Å². The predicted octanol–water partition coefficient (Wildman–Crippen LogP) is 3.13. The first-order valence-corrected chi connectivity index (χ1v) is 8.77. The molecule has 0 spiro atoms. The van der Waals surface area contributed by atoms with Crippen molar-refractivity contribution in [3.05, 3.63) is 65.5 Å². The zero-order valence-electron chi connectivity index (χ0n) is 14.9. The lowest BCUT2D eigenvalue weighted by atomic mass is 10.0. The Morgan fingerprint density at radius 2 is 1.96 bits per heavy atom. The SMILES string of the molecule is CCCC(O)CNC(=O)NC(Cc1ccc(C)cc1)c1ccccn1. The number of aryl methyl sites for hydroxylation is 1. The monoisotopic (exact) mass is 341 g/mol. The first-order valence-electron chi connectivity index (χ1n) is 8.77. The third kappa shape index (κ3) is 6.55. The van der Waals surface area contributed by atoms with Gasteiger partial charge in [-0.15, -0.1) is 0 Å². The van der Waals surface area contributed by atoms with Crippen molar-refractivity contribution < 1.29 is 9.90 Å². The Morgan fingerprint density at radius 1 is 1.20 bits per heavy atom. The van der Waals surface area contributed by atoms with Crippen molar-refractivity contribution in [2.75, 3.05) is 6.54 Å². The van der Waals surface area contributed by atoms with E-state index in [0.29, 0.717) is 12.8 Å². The van der Waals surface area contributed by atoms with Crippen LogP contribution >= 0.6 is 0 Å². The van der Waals surface area contributed by atoms with Gasteiger partial charge in [-0.05, 0) is 37.5 Å². The van der Waals surface area contributed by atoms with Crippen LogP contribution in [-0.4, -0.2) is 28.8 Å². The summed E-state index contributed by atoms with van der Waals surface area (Å²) in [4.78, 5) is 16.6. The van der Waals surface area contributed by atoms with Crippen molar-refractivity contribution in [1.82, 2.24) is 15.6 Å². The van der Waals surface area contributed by atoms with Crippen LogP contribution in [0, 0.1) is 6.92 Å². The highest BCUT2D eigenvalue weighted by Crippen LogP contribution is 2.17. The molecule has 2 aromatic rings. The summed E-state index contributed by atoms with van der Waals surface area (Å²) in [5.41, 5.74) is 3.15. The van der Waals surface area contributed by atoms with Crippen molar-refractivity contribution >= 4 is 6.03 Å². The molecule has 134 valence electrons. The van der Waals surface area contributed by atoms with Crippen LogP contribution in [0.25, 0.3) is 0 Å². The van der Waals surface area contributed by atoms with Crippen LogP contribution in [0.4, 0.5) is 4.79 Å². The molecule has 25 heavy (non-hydrogen) atoms. The maximum absolute atomic E-state index is 12.2. The minimum absolute atomic E-state index is 0.229. The van der Waals surface area contributed by atoms with E-state index in [1.54, 1.807) is 6.20 Å². The molecule has 0 aliphatic carbocycles. The van der Waals surface area contributed by atoms with Crippen LogP contribution < -0.4 is 10.6 Å². The topological polar surface area (TPSA) is 74.2 Å². The lowest BCUT2D eigenvalue weighted by Gasteiger charge is -2.20. The van der Waals surface area contributed by atoms with Gasteiger partial charge in [0.05, 0.1) is 17.8 Å². The van der Waals surface area contributed by atoms with E-state index in [2.05, 4.69) is 39.9 Å². The van der Waals surface area contributed by atoms with Crippen molar-refractivity contribution in [2.45, 2.75) is 45.3 Å². The first kappa shape index (κ1) is 18.9. The van der Waals surface area contributed by atoms with Crippen molar-refractivity contribution in [3.63, 3.8) is 0 Å². The van der Waals surface area contributed by atoms with Crippen LogP contribution in [0.2, 0.25) is 0 Å². The summed E-state index contributed by atoms with van der Waals surface area (Å²) >= 11 is 0. The van der Waals surface area contributed by atoms with Gasteiger partial charge in [0.1, 0.15) is 0 Å². The lowest BCUT2D eigenvalue weighted by Crippen LogP contribution is -2.42. The summed E-state index contributed by atoms with van der Waals surface area (Å²) in [6.07, 6.45) is 3.42. The number of urea groups is 1. The van der Waals surface area contributed by atoms with E-state index >= 15 is 0 Å². The number of amides is 2. The minimum atomic E-state index is -0.513. The van der Waals surface area contributed by atoms with Gasteiger partial charge in [0.2, 0.25) is 0 Å². The number of carbonyl (C=O) groups excluding carboxylic acids is 1.